The van der Waals surface area contributed by atoms with Gasteiger partial charge in [-0.3, -0.25) is 9.48 Å². The topological polar surface area (TPSA) is 84.4 Å². The van der Waals surface area contributed by atoms with Gasteiger partial charge in [0.15, 0.2) is 5.89 Å². The van der Waals surface area contributed by atoms with Crippen LogP contribution in [-0.4, -0.2) is 49.4 Å². The highest BCUT2D eigenvalue weighted by molar-refractivity contribution is 5.91. The van der Waals surface area contributed by atoms with Crippen LogP contribution in [0, 0.1) is 0 Å². The number of oxazole rings is 1. The predicted octanol–water partition coefficient (Wildman–Crippen LogP) is 3.16. The Bertz CT molecular complexity index is 1060. The van der Waals surface area contributed by atoms with E-state index < -0.39 is 5.60 Å². The minimum atomic E-state index is -0.841. The molecule has 3 heterocycles. The molecule has 1 saturated heterocycles. The second-order valence-electron chi connectivity index (χ2n) is 8.53. The van der Waals surface area contributed by atoms with E-state index in [0.717, 1.165) is 29.7 Å². The van der Waals surface area contributed by atoms with Crippen LogP contribution in [0.2, 0.25) is 0 Å². The van der Waals surface area contributed by atoms with Gasteiger partial charge >= 0.3 is 0 Å². The zero-order valence-corrected chi connectivity index (χ0v) is 17.1. The van der Waals surface area contributed by atoms with Crippen LogP contribution in [0.5, 0.6) is 0 Å². The van der Waals surface area contributed by atoms with Gasteiger partial charge in [0.25, 0.3) is 5.91 Å². The van der Waals surface area contributed by atoms with Gasteiger partial charge in [-0.05, 0) is 37.3 Å². The molecule has 1 saturated carbocycles. The summed E-state index contributed by atoms with van der Waals surface area (Å²) in [6.07, 6.45) is 7.11. The van der Waals surface area contributed by atoms with Crippen molar-refractivity contribution in [1.29, 1.82) is 0 Å². The molecular formula is C23H26N4O3. The van der Waals surface area contributed by atoms with E-state index in [1.54, 1.807) is 17.3 Å². The molecule has 0 spiro atoms. The quantitative estimate of drug-likeness (QED) is 0.704. The van der Waals surface area contributed by atoms with E-state index in [9.17, 15) is 9.90 Å². The lowest BCUT2D eigenvalue weighted by Crippen LogP contribution is -2.47. The Kier molecular flexibility index (Phi) is 4.70. The average molecular weight is 406 g/mol. The third-order valence-electron chi connectivity index (χ3n) is 6.28. The fourth-order valence-electron chi connectivity index (χ4n) is 4.28. The molecule has 2 aliphatic rings. The zero-order chi connectivity index (χ0) is 20.7. The van der Waals surface area contributed by atoms with Crippen LogP contribution in [0.25, 0.3) is 11.3 Å². The Balaban J connectivity index is 1.27. The second-order valence-corrected chi connectivity index (χ2v) is 8.53. The number of amides is 1. The van der Waals surface area contributed by atoms with Crippen molar-refractivity contribution in [2.45, 2.75) is 43.6 Å². The normalized spacial score (nSPS) is 18.5. The predicted molar refractivity (Wildman–Crippen MR) is 111 cm³/mol. The Morgan fingerprint density at radius 1 is 1.23 bits per heavy atom. The van der Waals surface area contributed by atoms with Crippen molar-refractivity contribution in [3.63, 3.8) is 0 Å². The van der Waals surface area contributed by atoms with E-state index in [1.165, 1.54) is 0 Å². The van der Waals surface area contributed by atoms with Crippen molar-refractivity contribution in [3.8, 4) is 11.3 Å². The first kappa shape index (κ1) is 19.1. The number of piperidine rings is 1. The van der Waals surface area contributed by atoms with E-state index in [0.29, 0.717) is 49.9 Å². The molecular weight excluding hydrogens is 380 g/mol. The number of aromatic nitrogens is 3. The smallest absolute Gasteiger partial charge is 0.291 e. The molecule has 1 aromatic carbocycles. The number of likely N-dealkylation sites (tertiary alicyclic amines) is 1. The lowest BCUT2D eigenvalue weighted by molar-refractivity contribution is -0.0168. The number of hydrogen-bond donors (Lipinski definition) is 1. The van der Waals surface area contributed by atoms with Crippen molar-refractivity contribution < 1.29 is 14.3 Å². The third kappa shape index (κ3) is 3.65. The van der Waals surface area contributed by atoms with Crippen LogP contribution in [-0.2, 0) is 13.5 Å². The van der Waals surface area contributed by atoms with Crippen molar-refractivity contribution in [3.05, 3.63) is 59.9 Å². The second kappa shape index (κ2) is 7.40. The number of nitrogens with zero attached hydrogens (tertiary/aromatic N) is 4. The third-order valence-corrected chi connectivity index (χ3v) is 6.28. The van der Waals surface area contributed by atoms with Crippen molar-refractivity contribution >= 4 is 5.91 Å². The molecule has 1 N–H and O–H groups in total. The van der Waals surface area contributed by atoms with E-state index in [4.69, 9.17) is 4.42 Å². The molecule has 1 aliphatic heterocycles. The van der Waals surface area contributed by atoms with E-state index >= 15 is 0 Å². The van der Waals surface area contributed by atoms with E-state index in [1.807, 2.05) is 29.9 Å². The molecule has 7 heteroatoms. The number of aryl methyl sites for hydroxylation is 1. The summed E-state index contributed by atoms with van der Waals surface area (Å²) in [6, 6.07) is 10.1. The van der Waals surface area contributed by atoms with Crippen LogP contribution >= 0.6 is 0 Å². The van der Waals surface area contributed by atoms with Gasteiger partial charge < -0.3 is 14.4 Å². The van der Waals surface area contributed by atoms with Crippen LogP contribution in [0.1, 0.15) is 53.6 Å². The lowest BCUT2D eigenvalue weighted by atomic mass is 9.83. The molecule has 2 aromatic heterocycles. The monoisotopic (exact) mass is 406 g/mol. The van der Waals surface area contributed by atoms with Crippen molar-refractivity contribution in [2.24, 2.45) is 7.05 Å². The Morgan fingerprint density at radius 2 is 2.00 bits per heavy atom. The lowest BCUT2D eigenvalue weighted by Gasteiger charge is -2.38. The summed E-state index contributed by atoms with van der Waals surface area (Å²) < 4.78 is 7.51. The Hall–Kier alpha value is -2.93. The average Bonchev–Trinajstić information content (AvgIpc) is 3.32. The standard InChI is InChI=1S/C23H26N4O3/c1-26-19(8-11-25-26)18-5-3-2-4-17(18)14-23(29)9-12-27(13-10-23)22(28)20-15-24-21(30-20)16-6-7-16/h2-5,8,11,15-16,29H,6-7,9-10,12-14H2,1H3. The van der Waals surface area contributed by atoms with Gasteiger partial charge in [0, 0.05) is 44.2 Å². The molecule has 5 rings (SSSR count). The summed E-state index contributed by atoms with van der Waals surface area (Å²) in [7, 11) is 1.92. The molecule has 0 atom stereocenters. The first-order valence-electron chi connectivity index (χ1n) is 10.6. The summed E-state index contributed by atoms with van der Waals surface area (Å²) in [4.78, 5) is 18.8. The molecule has 1 amide bonds. The number of carbonyl (C=O) groups is 1. The fourth-order valence-corrected chi connectivity index (χ4v) is 4.28. The highest BCUT2D eigenvalue weighted by Gasteiger charge is 2.36. The maximum absolute atomic E-state index is 12.8. The first-order valence-corrected chi connectivity index (χ1v) is 10.6. The maximum atomic E-state index is 12.8. The van der Waals surface area contributed by atoms with E-state index in [2.05, 4.69) is 22.2 Å². The summed E-state index contributed by atoms with van der Waals surface area (Å²) in [5.41, 5.74) is 2.36. The molecule has 1 aliphatic carbocycles. The van der Waals surface area contributed by atoms with Gasteiger partial charge in [0.2, 0.25) is 5.76 Å². The minimum absolute atomic E-state index is 0.133. The van der Waals surface area contributed by atoms with Gasteiger partial charge in [-0.2, -0.15) is 5.10 Å². The molecule has 30 heavy (non-hydrogen) atoms. The molecule has 0 radical (unpaired) electrons. The number of rotatable bonds is 5. The molecule has 3 aromatic rings. The first-order chi connectivity index (χ1) is 14.5. The highest BCUT2D eigenvalue weighted by atomic mass is 16.4. The minimum Gasteiger partial charge on any atom is -0.435 e. The van der Waals surface area contributed by atoms with Gasteiger partial charge in [-0.1, -0.05) is 24.3 Å². The number of hydrogen-bond acceptors (Lipinski definition) is 5. The molecule has 7 nitrogen and oxygen atoms in total. The molecule has 156 valence electrons. The van der Waals surface area contributed by atoms with Crippen LogP contribution in [0.15, 0.2) is 47.1 Å². The van der Waals surface area contributed by atoms with Gasteiger partial charge in [-0.15, -0.1) is 0 Å². The summed E-state index contributed by atoms with van der Waals surface area (Å²) in [5.74, 6) is 1.24. The summed E-state index contributed by atoms with van der Waals surface area (Å²) in [5, 5.41) is 15.5. The maximum Gasteiger partial charge on any atom is 0.291 e. The Labute approximate surface area is 175 Å². The SMILES string of the molecule is Cn1nccc1-c1ccccc1CC1(O)CCN(C(=O)c2cnc(C3CC3)o2)CC1. The zero-order valence-electron chi connectivity index (χ0n) is 17.1. The molecule has 0 bridgehead atoms. The summed E-state index contributed by atoms with van der Waals surface area (Å²) in [6.45, 7) is 1.01. The number of benzene rings is 1. The van der Waals surface area contributed by atoms with Crippen molar-refractivity contribution in [1.82, 2.24) is 19.7 Å². The number of carbonyl (C=O) groups excluding carboxylic acids is 1. The van der Waals surface area contributed by atoms with Gasteiger partial charge in [0.1, 0.15) is 0 Å². The van der Waals surface area contributed by atoms with E-state index in [-0.39, 0.29) is 5.91 Å². The highest BCUT2D eigenvalue weighted by Crippen LogP contribution is 2.39. The Morgan fingerprint density at radius 3 is 2.70 bits per heavy atom. The molecule has 2 fully saturated rings. The fraction of sp³-hybridized carbons (Fsp3) is 0.435. The van der Waals surface area contributed by atoms with Gasteiger partial charge in [0.05, 0.1) is 17.5 Å². The summed E-state index contributed by atoms with van der Waals surface area (Å²) >= 11 is 0. The largest absolute Gasteiger partial charge is 0.435 e. The van der Waals surface area contributed by atoms with Crippen LogP contribution in [0.4, 0.5) is 0 Å². The van der Waals surface area contributed by atoms with Crippen molar-refractivity contribution in [2.75, 3.05) is 13.1 Å². The van der Waals surface area contributed by atoms with Crippen LogP contribution < -0.4 is 0 Å². The van der Waals surface area contributed by atoms with Crippen LogP contribution in [0.3, 0.4) is 0 Å². The molecule has 0 unspecified atom stereocenters. The van der Waals surface area contributed by atoms with Gasteiger partial charge in [-0.25, -0.2) is 4.98 Å². The number of aliphatic hydroxyl groups is 1.